The first-order valence-electron chi connectivity index (χ1n) is 11.2. The van der Waals surface area contributed by atoms with Gasteiger partial charge in [0.1, 0.15) is 17.0 Å². The molecule has 162 valence electrons. The largest absolute Gasteiger partial charge is 0.354 e. The van der Waals surface area contributed by atoms with Crippen LogP contribution in [0, 0.1) is 13.8 Å². The Morgan fingerprint density at radius 3 is 2.70 bits per heavy atom. The summed E-state index contributed by atoms with van der Waals surface area (Å²) in [6.07, 6.45) is 2.65. The number of aromatic amines is 1. The number of fused-ring (bicyclic) bond motifs is 4. The standard InChI is InChI=1S/C28H24N4S/c1-4-18-6-5-7-22-21-11-10-20(13-24(21)32-26(18)22)31-27-25-23(14-33-28(25)30-15-29-27)19-9-8-16(2)17(3)12-19/h5-15,32H,4H2,1-3H3,(H,29,30,31). The number of aryl methyl sites for hydroxylation is 3. The van der Waals surface area contributed by atoms with Crippen LogP contribution in [-0.4, -0.2) is 15.0 Å². The van der Waals surface area contributed by atoms with E-state index in [0.29, 0.717) is 0 Å². The summed E-state index contributed by atoms with van der Waals surface area (Å²) in [7, 11) is 0. The third-order valence-corrected chi connectivity index (χ3v) is 7.44. The zero-order valence-electron chi connectivity index (χ0n) is 18.9. The fraction of sp³-hybridized carbons (Fsp3) is 0.143. The molecule has 2 N–H and O–H groups in total. The van der Waals surface area contributed by atoms with Gasteiger partial charge in [0.05, 0.1) is 5.39 Å². The quantitative estimate of drug-likeness (QED) is 0.288. The van der Waals surface area contributed by atoms with Gasteiger partial charge in [-0.1, -0.05) is 49.4 Å². The highest BCUT2D eigenvalue weighted by Crippen LogP contribution is 2.38. The number of nitrogens with one attached hydrogen (secondary N) is 2. The molecule has 0 atom stereocenters. The molecule has 0 saturated heterocycles. The Kier molecular flexibility index (Phi) is 4.66. The Labute approximate surface area is 196 Å². The SMILES string of the molecule is CCc1cccc2c1[nH]c1cc(Nc3ncnc4scc(-c5ccc(C)c(C)c5)c34)ccc12. The van der Waals surface area contributed by atoms with Crippen molar-refractivity contribution in [2.24, 2.45) is 0 Å². The fourth-order valence-electron chi connectivity index (χ4n) is 4.59. The van der Waals surface area contributed by atoms with Crippen molar-refractivity contribution in [2.45, 2.75) is 27.2 Å². The highest BCUT2D eigenvalue weighted by molar-refractivity contribution is 7.17. The molecule has 0 radical (unpaired) electrons. The number of nitrogens with zero attached hydrogens (tertiary/aromatic N) is 2. The van der Waals surface area contributed by atoms with Crippen LogP contribution in [0.2, 0.25) is 0 Å². The van der Waals surface area contributed by atoms with Crippen LogP contribution < -0.4 is 5.32 Å². The number of hydrogen-bond acceptors (Lipinski definition) is 4. The zero-order valence-corrected chi connectivity index (χ0v) is 19.7. The molecule has 0 unspecified atom stereocenters. The van der Waals surface area contributed by atoms with Gasteiger partial charge in [-0.05, 0) is 54.7 Å². The van der Waals surface area contributed by atoms with Crippen LogP contribution >= 0.6 is 11.3 Å². The summed E-state index contributed by atoms with van der Waals surface area (Å²) in [4.78, 5) is 13.8. The van der Waals surface area contributed by atoms with E-state index >= 15 is 0 Å². The second kappa shape index (κ2) is 7.71. The van der Waals surface area contributed by atoms with E-state index in [2.05, 4.69) is 101 Å². The maximum atomic E-state index is 4.62. The van der Waals surface area contributed by atoms with Gasteiger partial charge in [0.25, 0.3) is 0 Å². The molecular weight excluding hydrogens is 424 g/mol. The van der Waals surface area contributed by atoms with Gasteiger partial charge in [0.15, 0.2) is 0 Å². The summed E-state index contributed by atoms with van der Waals surface area (Å²) in [5, 5.41) is 9.33. The molecule has 0 fully saturated rings. The Morgan fingerprint density at radius 1 is 0.939 bits per heavy atom. The minimum Gasteiger partial charge on any atom is -0.354 e. The van der Waals surface area contributed by atoms with Gasteiger partial charge in [-0.2, -0.15) is 0 Å². The minimum absolute atomic E-state index is 0.833. The Bertz CT molecular complexity index is 1660. The van der Waals surface area contributed by atoms with Crippen molar-refractivity contribution in [3.63, 3.8) is 0 Å². The molecule has 0 bridgehead atoms. The summed E-state index contributed by atoms with van der Waals surface area (Å²) >= 11 is 1.66. The Balaban J connectivity index is 1.46. The number of aromatic nitrogens is 3. The van der Waals surface area contributed by atoms with Crippen molar-refractivity contribution in [1.82, 2.24) is 15.0 Å². The van der Waals surface area contributed by atoms with Crippen molar-refractivity contribution >= 4 is 54.9 Å². The van der Waals surface area contributed by atoms with Crippen molar-refractivity contribution < 1.29 is 0 Å². The van der Waals surface area contributed by atoms with Gasteiger partial charge < -0.3 is 10.3 Å². The van der Waals surface area contributed by atoms with Gasteiger partial charge in [0, 0.05) is 38.4 Å². The van der Waals surface area contributed by atoms with Crippen LogP contribution in [0.25, 0.3) is 43.1 Å². The van der Waals surface area contributed by atoms with E-state index in [-0.39, 0.29) is 0 Å². The maximum Gasteiger partial charge on any atom is 0.143 e. The first kappa shape index (κ1) is 19.9. The lowest BCUT2D eigenvalue weighted by atomic mass is 10.0. The van der Waals surface area contributed by atoms with Crippen molar-refractivity contribution in [3.05, 3.63) is 83.0 Å². The van der Waals surface area contributed by atoms with E-state index in [9.17, 15) is 0 Å². The molecule has 0 saturated carbocycles. The molecule has 4 nitrogen and oxygen atoms in total. The van der Waals surface area contributed by atoms with Gasteiger partial charge in [-0.3, -0.25) is 0 Å². The lowest BCUT2D eigenvalue weighted by Crippen LogP contribution is -1.95. The van der Waals surface area contributed by atoms with Crippen LogP contribution in [0.1, 0.15) is 23.6 Å². The summed E-state index contributed by atoms with van der Waals surface area (Å²) in [5.41, 5.74) is 9.64. The normalized spacial score (nSPS) is 11.6. The number of H-pyrrole nitrogens is 1. The Hall–Kier alpha value is -3.70. The average Bonchev–Trinajstić information content (AvgIpc) is 3.42. The Morgan fingerprint density at radius 2 is 1.85 bits per heavy atom. The molecule has 5 heteroatoms. The third kappa shape index (κ3) is 3.28. The molecule has 0 aliphatic rings. The van der Waals surface area contributed by atoms with Crippen LogP contribution in [0.3, 0.4) is 0 Å². The summed E-state index contributed by atoms with van der Waals surface area (Å²) in [6, 6.07) is 19.6. The molecular formula is C28H24N4S. The number of hydrogen-bond donors (Lipinski definition) is 2. The van der Waals surface area contributed by atoms with Gasteiger partial charge in [-0.15, -0.1) is 11.3 Å². The second-order valence-electron chi connectivity index (χ2n) is 8.55. The molecule has 6 aromatic rings. The van der Waals surface area contributed by atoms with Crippen LogP contribution in [0.15, 0.2) is 66.3 Å². The van der Waals surface area contributed by atoms with Gasteiger partial charge in [-0.25, -0.2) is 9.97 Å². The highest BCUT2D eigenvalue weighted by atomic mass is 32.1. The van der Waals surface area contributed by atoms with E-state index in [1.54, 1.807) is 17.7 Å². The number of rotatable bonds is 4. The van der Waals surface area contributed by atoms with Crippen LogP contribution in [-0.2, 0) is 6.42 Å². The zero-order chi connectivity index (χ0) is 22.5. The first-order valence-corrected chi connectivity index (χ1v) is 12.1. The summed E-state index contributed by atoms with van der Waals surface area (Å²) in [6.45, 7) is 6.49. The topological polar surface area (TPSA) is 53.6 Å². The molecule has 3 heterocycles. The molecule has 3 aromatic carbocycles. The molecule has 6 rings (SSSR count). The van der Waals surface area contributed by atoms with Gasteiger partial charge >= 0.3 is 0 Å². The molecule has 3 aromatic heterocycles. The predicted molar refractivity (Wildman–Crippen MR) is 141 cm³/mol. The number of anilines is 2. The van der Waals surface area contributed by atoms with Crippen molar-refractivity contribution in [1.29, 1.82) is 0 Å². The maximum absolute atomic E-state index is 4.62. The van der Waals surface area contributed by atoms with E-state index in [1.807, 2.05) is 0 Å². The molecule has 0 aliphatic heterocycles. The monoisotopic (exact) mass is 448 g/mol. The first-order chi connectivity index (χ1) is 16.1. The average molecular weight is 449 g/mol. The van der Waals surface area contributed by atoms with Crippen LogP contribution in [0.5, 0.6) is 0 Å². The van der Waals surface area contributed by atoms with Crippen molar-refractivity contribution in [2.75, 3.05) is 5.32 Å². The number of para-hydroxylation sites is 1. The van der Waals surface area contributed by atoms with E-state index < -0.39 is 0 Å². The molecule has 0 spiro atoms. The lowest BCUT2D eigenvalue weighted by molar-refractivity contribution is 1.15. The molecule has 33 heavy (non-hydrogen) atoms. The predicted octanol–water partition coefficient (Wildman–Crippen LogP) is 7.92. The molecule has 0 amide bonds. The smallest absolute Gasteiger partial charge is 0.143 e. The fourth-order valence-corrected chi connectivity index (χ4v) is 5.51. The lowest BCUT2D eigenvalue weighted by Gasteiger charge is -2.10. The molecule has 0 aliphatic carbocycles. The van der Waals surface area contributed by atoms with E-state index in [1.165, 1.54) is 44.1 Å². The van der Waals surface area contributed by atoms with E-state index in [4.69, 9.17) is 0 Å². The number of thiophene rings is 1. The summed E-state index contributed by atoms with van der Waals surface area (Å²) in [5.74, 6) is 0.833. The van der Waals surface area contributed by atoms with E-state index in [0.717, 1.165) is 33.7 Å². The summed E-state index contributed by atoms with van der Waals surface area (Å²) < 4.78 is 0. The highest BCUT2D eigenvalue weighted by Gasteiger charge is 2.15. The third-order valence-electron chi connectivity index (χ3n) is 6.55. The van der Waals surface area contributed by atoms with Crippen molar-refractivity contribution in [3.8, 4) is 11.1 Å². The number of benzene rings is 3. The second-order valence-corrected chi connectivity index (χ2v) is 9.41. The minimum atomic E-state index is 0.833. The van der Waals surface area contributed by atoms with Crippen LogP contribution in [0.4, 0.5) is 11.5 Å². The van der Waals surface area contributed by atoms with Gasteiger partial charge in [0.2, 0.25) is 0 Å².